The van der Waals surface area contributed by atoms with E-state index in [0.717, 1.165) is 48.7 Å². The highest BCUT2D eigenvalue weighted by Crippen LogP contribution is 2.33. The molecule has 1 aromatic heterocycles. The topological polar surface area (TPSA) is 36.3 Å². The first kappa shape index (κ1) is 13.7. The first-order valence-electron chi connectivity index (χ1n) is 6.98. The maximum Gasteiger partial charge on any atom is 0.127 e. The van der Waals surface area contributed by atoms with E-state index in [1.54, 1.807) is 7.11 Å². The lowest BCUT2D eigenvalue weighted by atomic mass is 10.1. The third-order valence-corrected chi connectivity index (χ3v) is 4.03. The molecule has 2 heterocycles. The lowest BCUT2D eigenvalue weighted by Crippen LogP contribution is -2.21. The first-order valence-corrected chi connectivity index (χ1v) is 7.42. The molecular formula is C15H19ClN2O2. The first-order chi connectivity index (χ1) is 9.70. The third kappa shape index (κ3) is 2.38. The van der Waals surface area contributed by atoms with Gasteiger partial charge in [0.25, 0.3) is 0 Å². The van der Waals surface area contributed by atoms with E-state index in [2.05, 4.69) is 10.6 Å². The Hall–Kier alpha value is -1.26. The van der Waals surface area contributed by atoms with Gasteiger partial charge >= 0.3 is 0 Å². The van der Waals surface area contributed by atoms with Gasteiger partial charge in [0.15, 0.2) is 0 Å². The van der Waals surface area contributed by atoms with Crippen LogP contribution in [-0.2, 0) is 4.74 Å². The Morgan fingerprint density at radius 3 is 2.80 bits per heavy atom. The maximum atomic E-state index is 6.33. The van der Waals surface area contributed by atoms with Gasteiger partial charge in [-0.05, 0) is 31.9 Å². The van der Waals surface area contributed by atoms with E-state index in [4.69, 9.17) is 26.1 Å². The van der Waals surface area contributed by atoms with Crippen LogP contribution in [0.1, 0.15) is 37.0 Å². The van der Waals surface area contributed by atoms with Crippen molar-refractivity contribution < 1.29 is 9.47 Å². The fraction of sp³-hybridized carbons (Fsp3) is 0.533. The van der Waals surface area contributed by atoms with E-state index < -0.39 is 0 Å². The van der Waals surface area contributed by atoms with Crippen molar-refractivity contribution in [2.24, 2.45) is 0 Å². The van der Waals surface area contributed by atoms with Crippen molar-refractivity contribution in [1.29, 1.82) is 0 Å². The Morgan fingerprint density at radius 2 is 2.15 bits per heavy atom. The number of fused-ring (bicyclic) bond motifs is 1. The van der Waals surface area contributed by atoms with Crippen LogP contribution in [-0.4, -0.2) is 29.9 Å². The van der Waals surface area contributed by atoms with Gasteiger partial charge in [-0.1, -0.05) is 0 Å². The van der Waals surface area contributed by atoms with E-state index in [9.17, 15) is 0 Å². The number of imidazole rings is 1. The van der Waals surface area contributed by atoms with Crippen molar-refractivity contribution in [3.63, 3.8) is 0 Å². The maximum absolute atomic E-state index is 6.33. The summed E-state index contributed by atoms with van der Waals surface area (Å²) >= 11 is 6.33. The number of benzene rings is 1. The number of alkyl halides is 1. The second kappa shape index (κ2) is 5.62. The highest BCUT2D eigenvalue weighted by atomic mass is 35.5. The van der Waals surface area contributed by atoms with E-state index >= 15 is 0 Å². The molecule has 1 aromatic carbocycles. The molecule has 3 rings (SSSR count). The van der Waals surface area contributed by atoms with E-state index in [-0.39, 0.29) is 5.38 Å². The van der Waals surface area contributed by atoms with Gasteiger partial charge in [0.1, 0.15) is 11.6 Å². The summed E-state index contributed by atoms with van der Waals surface area (Å²) in [5.41, 5.74) is 2.07. The molecule has 0 N–H and O–H groups in total. The second-order valence-electron chi connectivity index (χ2n) is 5.15. The standard InChI is InChI=1S/C15H19ClN2O2/c1-10(16)15-17-13-9-12(19-2)3-4-14(13)18(15)11-5-7-20-8-6-11/h3-4,9-11H,5-8H2,1-2H3. The Morgan fingerprint density at radius 1 is 1.40 bits per heavy atom. The summed E-state index contributed by atoms with van der Waals surface area (Å²) in [6, 6.07) is 6.42. The Balaban J connectivity index is 2.13. The zero-order valence-electron chi connectivity index (χ0n) is 11.8. The second-order valence-corrected chi connectivity index (χ2v) is 5.81. The predicted molar refractivity (Wildman–Crippen MR) is 79.6 cm³/mol. The summed E-state index contributed by atoms with van der Waals surface area (Å²) in [4.78, 5) is 4.71. The van der Waals surface area contributed by atoms with Gasteiger partial charge in [-0.15, -0.1) is 11.6 Å². The molecule has 108 valence electrons. The average Bonchev–Trinajstić information content (AvgIpc) is 2.86. The molecule has 1 unspecified atom stereocenters. The lowest BCUT2D eigenvalue weighted by Gasteiger charge is -2.26. The summed E-state index contributed by atoms with van der Waals surface area (Å²) in [6.07, 6.45) is 2.02. The smallest absolute Gasteiger partial charge is 0.127 e. The molecule has 5 heteroatoms. The molecule has 0 amide bonds. The molecule has 1 saturated heterocycles. The van der Waals surface area contributed by atoms with E-state index in [1.165, 1.54) is 0 Å². The van der Waals surface area contributed by atoms with Crippen LogP contribution in [0, 0.1) is 0 Å². The highest BCUT2D eigenvalue weighted by Gasteiger charge is 2.23. The number of hydrogen-bond donors (Lipinski definition) is 0. The molecule has 1 aliphatic rings. The summed E-state index contributed by atoms with van der Waals surface area (Å²) in [7, 11) is 1.67. The fourth-order valence-electron chi connectivity index (χ4n) is 2.83. The van der Waals surface area contributed by atoms with Gasteiger partial charge in [0.2, 0.25) is 0 Å². The van der Waals surface area contributed by atoms with Crippen LogP contribution in [0.5, 0.6) is 5.75 Å². The van der Waals surface area contributed by atoms with Gasteiger partial charge < -0.3 is 14.0 Å². The molecule has 1 atom stereocenters. The van der Waals surface area contributed by atoms with Gasteiger partial charge in [-0.3, -0.25) is 0 Å². The summed E-state index contributed by atoms with van der Waals surface area (Å²) in [5, 5.41) is -0.115. The Labute approximate surface area is 123 Å². The molecule has 4 nitrogen and oxygen atoms in total. The van der Waals surface area contributed by atoms with Gasteiger partial charge in [0, 0.05) is 25.3 Å². The molecule has 0 saturated carbocycles. The summed E-state index contributed by atoms with van der Waals surface area (Å²) in [5.74, 6) is 1.75. The number of rotatable bonds is 3. The monoisotopic (exact) mass is 294 g/mol. The van der Waals surface area contributed by atoms with Crippen LogP contribution in [0.2, 0.25) is 0 Å². The number of halogens is 1. The quantitative estimate of drug-likeness (QED) is 0.810. The lowest BCUT2D eigenvalue weighted by molar-refractivity contribution is 0.0698. The molecular weight excluding hydrogens is 276 g/mol. The van der Waals surface area contributed by atoms with Crippen molar-refractivity contribution >= 4 is 22.6 Å². The molecule has 20 heavy (non-hydrogen) atoms. The zero-order chi connectivity index (χ0) is 14.1. The normalized spacial score (nSPS) is 18.4. The number of ether oxygens (including phenoxy) is 2. The van der Waals surface area contributed by atoms with Crippen LogP contribution < -0.4 is 4.74 Å². The SMILES string of the molecule is COc1ccc2c(c1)nc(C(C)Cl)n2C1CCOCC1. The predicted octanol–water partition coefficient (Wildman–Crippen LogP) is 3.70. The fourth-order valence-corrected chi connectivity index (χ4v) is 2.99. The minimum atomic E-state index is -0.115. The molecule has 0 radical (unpaired) electrons. The molecule has 0 aliphatic carbocycles. The molecule has 2 aromatic rings. The van der Waals surface area contributed by atoms with Crippen LogP contribution in [0.15, 0.2) is 18.2 Å². The minimum Gasteiger partial charge on any atom is -0.497 e. The summed E-state index contributed by atoms with van der Waals surface area (Å²) in [6.45, 7) is 3.57. The van der Waals surface area contributed by atoms with Crippen molar-refractivity contribution in [2.45, 2.75) is 31.2 Å². The summed E-state index contributed by atoms with van der Waals surface area (Å²) < 4.78 is 13.0. The zero-order valence-corrected chi connectivity index (χ0v) is 12.6. The van der Waals surface area contributed by atoms with Gasteiger partial charge in [0.05, 0.1) is 23.5 Å². The molecule has 1 fully saturated rings. The van der Waals surface area contributed by atoms with Gasteiger partial charge in [-0.25, -0.2) is 4.98 Å². The van der Waals surface area contributed by atoms with Gasteiger partial charge in [-0.2, -0.15) is 0 Å². The molecule has 0 bridgehead atoms. The van der Waals surface area contributed by atoms with Crippen molar-refractivity contribution in [3.8, 4) is 5.75 Å². The number of methoxy groups -OCH3 is 1. The van der Waals surface area contributed by atoms with E-state index in [0.29, 0.717) is 6.04 Å². The number of hydrogen-bond acceptors (Lipinski definition) is 3. The van der Waals surface area contributed by atoms with Crippen LogP contribution in [0.4, 0.5) is 0 Å². The molecule has 1 aliphatic heterocycles. The average molecular weight is 295 g/mol. The van der Waals surface area contributed by atoms with Crippen molar-refractivity contribution in [2.75, 3.05) is 20.3 Å². The Bertz CT molecular complexity index is 603. The minimum absolute atomic E-state index is 0.115. The van der Waals surface area contributed by atoms with Crippen LogP contribution in [0.25, 0.3) is 11.0 Å². The van der Waals surface area contributed by atoms with Crippen molar-refractivity contribution in [1.82, 2.24) is 9.55 Å². The highest BCUT2D eigenvalue weighted by molar-refractivity contribution is 6.20. The van der Waals surface area contributed by atoms with Crippen molar-refractivity contribution in [3.05, 3.63) is 24.0 Å². The number of nitrogens with zero attached hydrogens (tertiary/aromatic N) is 2. The largest absolute Gasteiger partial charge is 0.497 e. The molecule has 0 spiro atoms. The van der Waals surface area contributed by atoms with Crippen LogP contribution >= 0.6 is 11.6 Å². The van der Waals surface area contributed by atoms with E-state index in [1.807, 2.05) is 19.1 Å². The third-order valence-electron chi connectivity index (χ3n) is 3.84. The Kier molecular flexibility index (Phi) is 3.85. The van der Waals surface area contributed by atoms with Crippen LogP contribution in [0.3, 0.4) is 0 Å². The number of aromatic nitrogens is 2.